The van der Waals surface area contributed by atoms with Gasteiger partial charge in [0.15, 0.2) is 0 Å². The normalized spacial score (nSPS) is 10.4. The van der Waals surface area contributed by atoms with Crippen molar-refractivity contribution < 1.29 is 4.74 Å². The summed E-state index contributed by atoms with van der Waals surface area (Å²) in [6, 6.07) is 21.1. The van der Waals surface area contributed by atoms with Gasteiger partial charge in [-0.3, -0.25) is 0 Å². The van der Waals surface area contributed by atoms with E-state index in [0.29, 0.717) is 0 Å². The van der Waals surface area contributed by atoms with Gasteiger partial charge >= 0.3 is 0 Å². The van der Waals surface area contributed by atoms with E-state index >= 15 is 0 Å². The van der Waals surface area contributed by atoms with Gasteiger partial charge in [-0.25, -0.2) is 0 Å². The van der Waals surface area contributed by atoms with Gasteiger partial charge in [0.1, 0.15) is 5.75 Å². The van der Waals surface area contributed by atoms with Crippen LogP contribution in [0.5, 0.6) is 5.75 Å². The van der Waals surface area contributed by atoms with Crippen LogP contribution in [0, 0.1) is 11.8 Å². The van der Waals surface area contributed by atoms with Crippen molar-refractivity contribution in [3.63, 3.8) is 0 Å². The summed E-state index contributed by atoms with van der Waals surface area (Å²) in [6.45, 7) is 5.19. The Morgan fingerprint density at radius 3 is 2.19 bits per heavy atom. The summed E-state index contributed by atoms with van der Waals surface area (Å²) in [6.07, 6.45) is 5.97. The molecule has 0 bridgehead atoms. The van der Waals surface area contributed by atoms with Crippen LogP contribution in [0.3, 0.4) is 0 Å². The van der Waals surface area contributed by atoms with Crippen molar-refractivity contribution in [2.75, 3.05) is 6.61 Å². The SMILES string of the molecule is CCCCCCOc1ccc2cc(C#Cc3ccc(CC)cc3)ccc2c1. The predicted octanol–water partition coefficient (Wildman–Crippen LogP) is 6.76. The highest BCUT2D eigenvalue weighted by atomic mass is 16.5. The lowest BCUT2D eigenvalue weighted by Gasteiger charge is -2.07. The monoisotopic (exact) mass is 356 g/mol. The molecule has 0 saturated heterocycles. The Kier molecular flexibility index (Phi) is 6.94. The maximum atomic E-state index is 5.89. The summed E-state index contributed by atoms with van der Waals surface area (Å²) >= 11 is 0. The molecule has 0 aliphatic heterocycles. The quantitative estimate of drug-likeness (QED) is 0.335. The highest BCUT2D eigenvalue weighted by Gasteiger charge is 1.99. The van der Waals surface area contributed by atoms with Crippen LogP contribution in [0.2, 0.25) is 0 Å². The van der Waals surface area contributed by atoms with Gasteiger partial charge in [-0.2, -0.15) is 0 Å². The zero-order valence-electron chi connectivity index (χ0n) is 16.4. The Bertz CT molecular complexity index is 926. The summed E-state index contributed by atoms with van der Waals surface area (Å²) in [4.78, 5) is 0. The van der Waals surface area contributed by atoms with Gasteiger partial charge in [0.2, 0.25) is 0 Å². The van der Waals surface area contributed by atoms with Gasteiger partial charge in [-0.1, -0.05) is 69.2 Å². The van der Waals surface area contributed by atoms with E-state index in [1.165, 1.54) is 35.6 Å². The molecule has 0 fully saturated rings. The van der Waals surface area contributed by atoms with Gasteiger partial charge < -0.3 is 4.74 Å². The smallest absolute Gasteiger partial charge is 0.119 e. The molecule has 0 radical (unpaired) electrons. The van der Waals surface area contributed by atoms with E-state index in [4.69, 9.17) is 4.74 Å². The van der Waals surface area contributed by atoms with Crippen molar-refractivity contribution in [3.8, 4) is 17.6 Å². The van der Waals surface area contributed by atoms with E-state index in [-0.39, 0.29) is 0 Å². The van der Waals surface area contributed by atoms with Crippen molar-refractivity contribution in [2.24, 2.45) is 0 Å². The molecular weight excluding hydrogens is 328 g/mol. The number of unbranched alkanes of at least 4 members (excludes halogenated alkanes) is 3. The Labute approximate surface area is 163 Å². The van der Waals surface area contributed by atoms with E-state index in [9.17, 15) is 0 Å². The molecule has 0 heterocycles. The highest BCUT2D eigenvalue weighted by Crippen LogP contribution is 2.22. The standard InChI is InChI=1S/C26H28O/c1-3-5-6-7-18-27-26-17-16-24-19-23(14-15-25(24)20-26)13-12-22-10-8-21(4-2)9-11-22/h8-11,14-17,19-20H,3-7,18H2,1-2H3. The molecule has 3 rings (SSSR count). The van der Waals surface area contributed by atoms with Crippen molar-refractivity contribution >= 4 is 10.8 Å². The maximum absolute atomic E-state index is 5.89. The minimum Gasteiger partial charge on any atom is -0.494 e. The molecule has 0 spiro atoms. The first-order chi connectivity index (χ1) is 13.3. The van der Waals surface area contributed by atoms with Crippen LogP contribution in [0.4, 0.5) is 0 Å². The van der Waals surface area contributed by atoms with Crippen molar-refractivity contribution in [3.05, 3.63) is 77.4 Å². The molecular formula is C26H28O. The first-order valence-electron chi connectivity index (χ1n) is 10.1. The zero-order valence-corrected chi connectivity index (χ0v) is 16.4. The fourth-order valence-electron chi connectivity index (χ4n) is 3.08. The molecule has 0 saturated carbocycles. The second kappa shape index (κ2) is 9.83. The molecule has 1 nitrogen and oxygen atoms in total. The minimum absolute atomic E-state index is 0.798. The molecule has 0 atom stereocenters. The summed E-state index contributed by atoms with van der Waals surface area (Å²) in [5.41, 5.74) is 3.43. The number of fused-ring (bicyclic) bond motifs is 1. The fourth-order valence-corrected chi connectivity index (χ4v) is 3.08. The molecule has 27 heavy (non-hydrogen) atoms. The van der Waals surface area contributed by atoms with Crippen LogP contribution in [0.25, 0.3) is 10.8 Å². The number of ether oxygens (including phenoxy) is 1. The lowest BCUT2D eigenvalue weighted by Crippen LogP contribution is -1.97. The first kappa shape index (κ1) is 19.1. The maximum Gasteiger partial charge on any atom is 0.119 e. The number of hydrogen-bond donors (Lipinski definition) is 0. The van der Waals surface area contributed by atoms with Crippen LogP contribution in [-0.4, -0.2) is 6.61 Å². The third-order valence-corrected chi connectivity index (χ3v) is 4.79. The molecule has 0 aliphatic carbocycles. The van der Waals surface area contributed by atoms with Crippen molar-refractivity contribution in [1.29, 1.82) is 0 Å². The first-order valence-corrected chi connectivity index (χ1v) is 10.1. The van der Waals surface area contributed by atoms with Crippen LogP contribution in [0.1, 0.15) is 56.2 Å². The van der Waals surface area contributed by atoms with Crippen LogP contribution < -0.4 is 4.74 Å². The van der Waals surface area contributed by atoms with E-state index in [1.54, 1.807) is 0 Å². The third-order valence-electron chi connectivity index (χ3n) is 4.79. The third kappa shape index (κ3) is 5.63. The predicted molar refractivity (Wildman–Crippen MR) is 115 cm³/mol. The van der Waals surface area contributed by atoms with Gasteiger partial charge in [0.25, 0.3) is 0 Å². The molecule has 3 aromatic carbocycles. The Hall–Kier alpha value is -2.72. The molecule has 0 aromatic heterocycles. The van der Waals surface area contributed by atoms with E-state index in [1.807, 2.05) is 0 Å². The lowest BCUT2D eigenvalue weighted by atomic mass is 10.1. The molecule has 0 unspecified atom stereocenters. The summed E-state index contributed by atoms with van der Waals surface area (Å²) < 4.78 is 5.89. The molecule has 0 aliphatic rings. The number of benzene rings is 3. The summed E-state index contributed by atoms with van der Waals surface area (Å²) in [7, 11) is 0. The molecule has 138 valence electrons. The lowest BCUT2D eigenvalue weighted by molar-refractivity contribution is 0.305. The van der Waals surface area contributed by atoms with Gasteiger partial charge in [0, 0.05) is 11.1 Å². The average Bonchev–Trinajstić information content (AvgIpc) is 2.72. The second-order valence-electron chi connectivity index (χ2n) is 6.93. The molecule has 0 N–H and O–H groups in total. The van der Waals surface area contributed by atoms with Gasteiger partial charge in [0.05, 0.1) is 6.61 Å². The van der Waals surface area contributed by atoms with Gasteiger partial charge in [-0.15, -0.1) is 0 Å². The zero-order chi connectivity index (χ0) is 18.9. The fraction of sp³-hybridized carbons (Fsp3) is 0.308. The molecule has 1 heteroatoms. The number of aryl methyl sites for hydroxylation is 1. The Morgan fingerprint density at radius 2 is 1.41 bits per heavy atom. The number of rotatable bonds is 7. The van der Waals surface area contributed by atoms with E-state index < -0.39 is 0 Å². The summed E-state index contributed by atoms with van der Waals surface area (Å²) in [5, 5.41) is 2.39. The minimum atomic E-state index is 0.798. The van der Waals surface area contributed by atoms with Crippen LogP contribution >= 0.6 is 0 Å². The van der Waals surface area contributed by atoms with E-state index in [2.05, 4.69) is 86.4 Å². The molecule has 3 aromatic rings. The Balaban J connectivity index is 1.67. The summed E-state index contributed by atoms with van der Waals surface area (Å²) in [5.74, 6) is 7.49. The number of hydrogen-bond acceptors (Lipinski definition) is 1. The highest BCUT2D eigenvalue weighted by molar-refractivity contribution is 5.85. The van der Waals surface area contributed by atoms with E-state index in [0.717, 1.165) is 36.3 Å². The average molecular weight is 357 g/mol. The van der Waals surface area contributed by atoms with Crippen molar-refractivity contribution in [2.45, 2.75) is 46.0 Å². The second-order valence-corrected chi connectivity index (χ2v) is 6.93. The van der Waals surface area contributed by atoms with Crippen LogP contribution in [-0.2, 0) is 6.42 Å². The van der Waals surface area contributed by atoms with Gasteiger partial charge in [-0.05, 0) is 65.6 Å². The Morgan fingerprint density at radius 1 is 0.704 bits per heavy atom. The van der Waals surface area contributed by atoms with Crippen LogP contribution in [0.15, 0.2) is 60.7 Å². The van der Waals surface area contributed by atoms with Crippen molar-refractivity contribution in [1.82, 2.24) is 0 Å². The molecule has 0 amide bonds. The largest absolute Gasteiger partial charge is 0.494 e. The topological polar surface area (TPSA) is 9.23 Å².